The molecule has 0 radical (unpaired) electrons. The van der Waals surface area contributed by atoms with Crippen LogP contribution >= 0.6 is 0 Å². The van der Waals surface area contributed by atoms with Crippen molar-refractivity contribution in [3.05, 3.63) is 48.3 Å². The number of hydrogen-bond acceptors (Lipinski definition) is 2. The summed E-state index contributed by atoms with van der Waals surface area (Å²) in [7, 11) is 0. The summed E-state index contributed by atoms with van der Waals surface area (Å²) in [5.41, 5.74) is 1.36. The van der Waals surface area contributed by atoms with E-state index in [1.807, 2.05) is 6.20 Å². The summed E-state index contributed by atoms with van der Waals surface area (Å²) in [6, 6.07) is 10.6. The van der Waals surface area contributed by atoms with E-state index in [2.05, 4.69) is 53.7 Å². The van der Waals surface area contributed by atoms with Gasteiger partial charge in [-0.2, -0.15) is 0 Å². The van der Waals surface area contributed by atoms with Crippen LogP contribution in [0.15, 0.2) is 42.7 Å². The van der Waals surface area contributed by atoms with Crippen molar-refractivity contribution in [2.75, 3.05) is 0 Å². The summed E-state index contributed by atoms with van der Waals surface area (Å²) in [5.74, 6) is 0. The first-order chi connectivity index (χ1) is 6.90. The van der Waals surface area contributed by atoms with Crippen molar-refractivity contribution in [2.45, 2.75) is 26.1 Å². The molecule has 0 bridgehead atoms. The highest BCUT2D eigenvalue weighted by Crippen LogP contribution is 2.12. The third kappa shape index (κ3) is 1.90. The fourth-order valence-corrected chi connectivity index (χ4v) is 1.76. The standard InChI is InChI=1S/C12H16N2/c1-2-12-13-8-9-14(12)10-11-6-4-3-5-7-11/h3-9,12-13H,2,10H2,1H3. The molecule has 0 fully saturated rings. The molecule has 0 spiro atoms. The van der Waals surface area contributed by atoms with Gasteiger partial charge in [0.2, 0.25) is 0 Å². The molecule has 2 nitrogen and oxygen atoms in total. The van der Waals surface area contributed by atoms with Gasteiger partial charge in [0.05, 0.1) is 6.17 Å². The van der Waals surface area contributed by atoms with E-state index in [9.17, 15) is 0 Å². The summed E-state index contributed by atoms with van der Waals surface area (Å²) in [5, 5.41) is 3.32. The van der Waals surface area contributed by atoms with E-state index in [4.69, 9.17) is 0 Å². The predicted molar refractivity (Wildman–Crippen MR) is 58.3 cm³/mol. The normalized spacial score (nSPS) is 19.8. The first kappa shape index (κ1) is 9.13. The van der Waals surface area contributed by atoms with Crippen molar-refractivity contribution in [2.24, 2.45) is 0 Å². The monoisotopic (exact) mass is 188 g/mol. The Bertz CT molecular complexity index is 305. The van der Waals surface area contributed by atoms with Gasteiger partial charge in [0, 0.05) is 18.9 Å². The lowest BCUT2D eigenvalue weighted by Crippen LogP contribution is -2.33. The number of nitrogens with one attached hydrogen (secondary N) is 1. The van der Waals surface area contributed by atoms with Crippen molar-refractivity contribution in [1.82, 2.24) is 10.2 Å². The maximum absolute atomic E-state index is 3.32. The van der Waals surface area contributed by atoms with Gasteiger partial charge in [-0.05, 0) is 12.0 Å². The Balaban J connectivity index is 2.01. The molecule has 1 N–H and O–H groups in total. The largest absolute Gasteiger partial charge is 0.370 e. The summed E-state index contributed by atoms with van der Waals surface area (Å²) >= 11 is 0. The van der Waals surface area contributed by atoms with E-state index in [1.165, 1.54) is 5.56 Å². The molecule has 2 heteroatoms. The van der Waals surface area contributed by atoms with E-state index in [-0.39, 0.29) is 0 Å². The smallest absolute Gasteiger partial charge is 0.0982 e. The first-order valence-corrected chi connectivity index (χ1v) is 5.12. The second-order valence-electron chi connectivity index (χ2n) is 3.56. The second kappa shape index (κ2) is 4.18. The fraction of sp³-hybridized carbons (Fsp3) is 0.333. The lowest BCUT2D eigenvalue weighted by atomic mass is 10.2. The maximum Gasteiger partial charge on any atom is 0.0982 e. The highest BCUT2D eigenvalue weighted by molar-refractivity contribution is 5.15. The molecule has 1 unspecified atom stereocenters. The Kier molecular flexibility index (Phi) is 2.73. The van der Waals surface area contributed by atoms with Crippen molar-refractivity contribution >= 4 is 0 Å². The lowest BCUT2D eigenvalue weighted by molar-refractivity contribution is 0.264. The molecule has 74 valence electrons. The zero-order chi connectivity index (χ0) is 9.80. The molecule has 1 heterocycles. The molecule has 14 heavy (non-hydrogen) atoms. The van der Waals surface area contributed by atoms with Crippen LogP contribution in [0.2, 0.25) is 0 Å². The minimum Gasteiger partial charge on any atom is -0.370 e. The fourth-order valence-electron chi connectivity index (χ4n) is 1.76. The molecule has 1 aliphatic rings. The van der Waals surface area contributed by atoms with Crippen molar-refractivity contribution in [3.8, 4) is 0 Å². The lowest BCUT2D eigenvalue weighted by Gasteiger charge is -2.24. The van der Waals surface area contributed by atoms with E-state index in [0.29, 0.717) is 6.17 Å². The van der Waals surface area contributed by atoms with Gasteiger partial charge in [0.25, 0.3) is 0 Å². The van der Waals surface area contributed by atoms with Crippen LogP contribution in [0, 0.1) is 0 Å². The van der Waals surface area contributed by atoms with Gasteiger partial charge in [-0.1, -0.05) is 37.3 Å². The SMILES string of the molecule is CCC1NC=CN1Cc1ccccc1. The predicted octanol–water partition coefficient (Wildman–Crippen LogP) is 2.30. The van der Waals surface area contributed by atoms with Crippen LogP contribution in [0.25, 0.3) is 0 Å². The van der Waals surface area contributed by atoms with Crippen LogP contribution in [0.4, 0.5) is 0 Å². The molecule has 0 aliphatic carbocycles. The summed E-state index contributed by atoms with van der Waals surface area (Å²) in [6.07, 6.45) is 5.74. The summed E-state index contributed by atoms with van der Waals surface area (Å²) < 4.78 is 0. The van der Waals surface area contributed by atoms with Gasteiger partial charge in [-0.15, -0.1) is 0 Å². The molecule has 1 aromatic carbocycles. The van der Waals surface area contributed by atoms with Crippen LogP contribution in [-0.2, 0) is 6.54 Å². The number of rotatable bonds is 3. The third-order valence-corrected chi connectivity index (χ3v) is 2.55. The van der Waals surface area contributed by atoms with Gasteiger partial charge in [-0.3, -0.25) is 0 Å². The maximum atomic E-state index is 3.32. The zero-order valence-electron chi connectivity index (χ0n) is 8.48. The quantitative estimate of drug-likeness (QED) is 0.783. The van der Waals surface area contributed by atoms with Gasteiger partial charge in [-0.25, -0.2) is 0 Å². The van der Waals surface area contributed by atoms with Crippen LogP contribution < -0.4 is 5.32 Å². The molecule has 0 amide bonds. The highest BCUT2D eigenvalue weighted by Gasteiger charge is 2.15. The average molecular weight is 188 g/mol. The van der Waals surface area contributed by atoms with Gasteiger partial charge in [0.1, 0.15) is 0 Å². The van der Waals surface area contributed by atoms with Crippen molar-refractivity contribution in [3.63, 3.8) is 0 Å². The van der Waals surface area contributed by atoms with Crippen LogP contribution in [0.3, 0.4) is 0 Å². The topological polar surface area (TPSA) is 15.3 Å². The molecule has 2 rings (SSSR count). The Morgan fingerprint density at radius 1 is 1.29 bits per heavy atom. The third-order valence-electron chi connectivity index (χ3n) is 2.55. The zero-order valence-corrected chi connectivity index (χ0v) is 8.48. The van der Waals surface area contributed by atoms with Crippen LogP contribution in [-0.4, -0.2) is 11.1 Å². The first-order valence-electron chi connectivity index (χ1n) is 5.12. The minimum absolute atomic E-state index is 0.468. The van der Waals surface area contributed by atoms with Crippen molar-refractivity contribution in [1.29, 1.82) is 0 Å². The molecule has 1 aliphatic heterocycles. The van der Waals surface area contributed by atoms with Gasteiger partial charge < -0.3 is 10.2 Å². The van der Waals surface area contributed by atoms with E-state index >= 15 is 0 Å². The molecule has 0 saturated heterocycles. The molecule has 1 aromatic rings. The molecular weight excluding hydrogens is 172 g/mol. The van der Waals surface area contributed by atoms with Crippen molar-refractivity contribution < 1.29 is 0 Å². The Labute approximate surface area is 85.2 Å². The summed E-state index contributed by atoms with van der Waals surface area (Å²) in [4.78, 5) is 2.33. The molecule has 0 saturated carbocycles. The summed E-state index contributed by atoms with van der Waals surface area (Å²) in [6.45, 7) is 3.19. The second-order valence-corrected chi connectivity index (χ2v) is 3.56. The Morgan fingerprint density at radius 2 is 2.07 bits per heavy atom. The van der Waals surface area contributed by atoms with Crippen LogP contribution in [0.1, 0.15) is 18.9 Å². The number of benzene rings is 1. The van der Waals surface area contributed by atoms with E-state index in [0.717, 1.165) is 13.0 Å². The van der Waals surface area contributed by atoms with Gasteiger partial charge in [0.15, 0.2) is 0 Å². The van der Waals surface area contributed by atoms with E-state index < -0.39 is 0 Å². The molecule has 0 aromatic heterocycles. The van der Waals surface area contributed by atoms with Gasteiger partial charge >= 0.3 is 0 Å². The van der Waals surface area contributed by atoms with Crippen LogP contribution in [0.5, 0.6) is 0 Å². The number of nitrogens with zero attached hydrogens (tertiary/aromatic N) is 1. The Morgan fingerprint density at radius 3 is 2.79 bits per heavy atom. The average Bonchev–Trinajstić information content (AvgIpc) is 2.67. The molecule has 1 atom stereocenters. The minimum atomic E-state index is 0.468. The molecular formula is C12H16N2. The number of hydrogen-bond donors (Lipinski definition) is 1. The van der Waals surface area contributed by atoms with E-state index in [1.54, 1.807) is 0 Å². The highest BCUT2D eigenvalue weighted by atomic mass is 15.3. The Hall–Kier alpha value is -1.44.